The van der Waals surface area contributed by atoms with Gasteiger partial charge in [0.2, 0.25) is 0 Å². The Balaban J connectivity index is 3.00. The zero-order valence-corrected chi connectivity index (χ0v) is 13.8. The minimum atomic E-state index is -3.47. The first-order valence-electron chi connectivity index (χ1n) is 6.16. The molecule has 0 spiro atoms. The van der Waals surface area contributed by atoms with E-state index in [9.17, 15) is 13.2 Å². The van der Waals surface area contributed by atoms with E-state index >= 15 is 0 Å². The molecule has 0 radical (unpaired) electrons. The van der Waals surface area contributed by atoms with E-state index in [1.165, 1.54) is 6.92 Å². The molecule has 20 heavy (non-hydrogen) atoms. The molecule has 0 aliphatic heterocycles. The smallest absolute Gasteiger partial charge is 0.180 e. The fraction of sp³-hybridized carbons (Fsp3) is 0.583. The van der Waals surface area contributed by atoms with E-state index < -0.39 is 9.84 Å². The van der Waals surface area contributed by atoms with Gasteiger partial charge in [-0.1, -0.05) is 0 Å². The van der Waals surface area contributed by atoms with Crippen LogP contribution in [-0.4, -0.2) is 52.5 Å². The van der Waals surface area contributed by atoms with Crippen LogP contribution >= 0.6 is 11.3 Å². The zero-order chi connectivity index (χ0) is 15.5. The van der Waals surface area contributed by atoms with Crippen molar-refractivity contribution in [1.82, 2.24) is 4.90 Å². The van der Waals surface area contributed by atoms with Crippen LogP contribution < -0.4 is 11.1 Å². The van der Waals surface area contributed by atoms with E-state index in [2.05, 4.69) is 5.32 Å². The fourth-order valence-electron chi connectivity index (χ4n) is 1.77. The lowest BCUT2D eigenvalue weighted by atomic mass is 10.3. The third-order valence-corrected chi connectivity index (χ3v) is 5.22. The molecule has 0 saturated heterocycles. The maximum absolute atomic E-state index is 11.8. The first kappa shape index (κ1) is 16.9. The average Bonchev–Trinajstić information content (AvgIpc) is 2.61. The predicted molar refractivity (Wildman–Crippen MR) is 83.5 cm³/mol. The molecule has 0 unspecified atom stereocenters. The number of Topliss-reactive ketones (excluding diaryl/α,β-unsaturated/α-hetero) is 1. The maximum Gasteiger partial charge on any atom is 0.180 e. The second-order valence-corrected chi connectivity index (χ2v) is 7.89. The van der Waals surface area contributed by atoms with Gasteiger partial charge in [-0.15, -0.1) is 11.3 Å². The summed E-state index contributed by atoms with van der Waals surface area (Å²) < 4.78 is 23.6. The van der Waals surface area contributed by atoms with Gasteiger partial charge in [-0.25, -0.2) is 8.42 Å². The summed E-state index contributed by atoms with van der Waals surface area (Å²) in [6.07, 6.45) is 1.96. The number of anilines is 2. The maximum atomic E-state index is 11.8. The van der Waals surface area contributed by atoms with Gasteiger partial charge in [0.1, 0.15) is 9.90 Å². The van der Waals surface area contributed by atoms with Crippen molar-refractivity contribution in [2.45, 2.75) is 18.2 Å². The molecule has 0 aliphatic carbocycles. The van der Waals surface area contributed by atoms with Gasteiger partial charge < -0.3 is 16.0 Å². The van der Waals surface area contributed by atoms with Crippen molar-refractivity contribution in [3.63, 3.8) is 0 Å². The first-order valence-corrected chi connectivity index (χ1v) is 8.87. The lowest BCUT2D eigenvalue weighted by Gasteiger charge is -2.10. The topological polar surface area (TPSA) is 92.5 Å². The predicted octanol–water partition coefficient (Wildman–Crippen LogP) is 1.30. The van der Waals surface area contributed by atoms with Crippen molar-refractivity contribution < 1.29 is 13.2 Å². The number of rotatable bonds is 7. The standard InChI is InChI=1S/C12H21N3O3S2/c1-8(16)10-9(13)11(20(4,17)18)12(19-10)14-6-5-7-15(2)3/h14H,5-7,13H2,1-4H3. The van der Waals surface area contributed by atoms with Gasteiger partial charge in [0.05, 0.1) is 10.6 Å². The molecule has 1 aromatic heterocycles. The van der Waals surface area contributed by atoms with Crippen LogP contribution in [0.3, 0.4) is 0 Å². The van der Waals surface area contributed by atoms with Crippen molar-refractivity contribution in [3.05, 3.63) is 4.88 Å². The largest absolute Gasteiger partial charge is 0.396 e. The number of nitrogens with one attached hydrogen (secondary N) is 1. The van der Waals surface area contributed by atoms with Crippen LogP contribution in [0.5, 0.6) is 0 Å². The van der Waals surface area contributed by atoms with Gasteiger partial charge >= 0.3 is 0 Å². The minimum absolute atomic E-state index is 0.0394. The Morgan fingerprint density at radius 3 is 2.45 bits per heavy atom. The Labute approximate surface area is 123 Å². The van der Waals surface area contributed by atoms with E-state index in [-0.39, 0.29) is 16.4 Å². The molecule has 0 aliphatic rings. The number of hydrogen-bond acceptors (Lipinski definition) is 7. The van der Waals surface area contributed by atoms with E-state index in [4.69, 9.17) is 5.73 Å². The molecule has 0 saturated carbocycles. The van der Waals surface area contributed by atoms with Crippen LogP contribution in [0.15, 0.2) is 4.90 Å². The number of carbonyl (C=O) groups excluding carboxylic acids is 1. The Morgan fingerprint density at radius 2 is 2.00 bits per heavy atom. The summed E-state index contributed by atoms with van der Waals surface area (Å²) in [4.78, 5) is 13.9. The van der Waals surface area contributed by atoms with E-state index in [0.717, 1.165) is 30.6 Å². The third-order valence-electron chi connectivity index (χ3n) is 2.66. The molecule has 1 aromatic rings. The summed E-state index contributed by atoms with van der Waals surface area (Å²) >= 11 is 1.10. The number of sulfone groups is 1. The normalized spacial score (nSPS) is 11.8. The van der Waals surface area contributed by atoms with Gasteiger partial charge in [0.25, 0.3) is 0 Å². The fourth-order valence-corrected chi connectivity index (χ4v) is 4.26. The average molecular weight is 319 g/mol. The van der Waals surface area contributed by atoms with Crippen molar-refractivity contribution in [2.75, 3.05) is 44.5 Å². The molecular weight excluding hydrogens is 298 g/mol. The monoisotopic (exact) mass is 319 g/mol. The van der Waals surface area contributed by atoms with Crippen LogP contribution in [0.25, 0.3) is 0 Å². The van der Waals surface area contributed by atoms with Crippen molar-refractivity contribution >= 4 is 37.6 Å². The Kier molecular flexibility index (Phi) is 5.55. The summed E-state index contributed by atoms with van der Waals surface area (Å²) in [5.74, 6) is -0.223. The minimum Gasteiger partial charge on any atom is -0.396 e. The number of nitrogens with zero attached hydrogens (tertiary/aromatic N) is 1. The first-order chi connectivity index (χ1) is 9.14. The second-order valence-electron chi connectivity index (χ2n) is 4.92. The van der Waals surface area contributed by atoms with Crippen LogP contribution in [-0.2, 0) is 9.84 Å². The lowest BCUT2D eigenvalue weighted by molar-refractivity contribution is 0.102. The molecule has 0 aromatic carbocycles. The van der Waals surface area contributed by atoms with E-state index in [1.807, 2.05) is 19.0 Å². The second kappa shape index (κ2) is 6.55. The summed E-state index contributed by atoms with van der Waals surface area (Å²) in [7, 11) is 0.472. The van der Waals surface area contributed by atoms with Crippen molar-refractivity contribution in [2.24, 2.45) is 0 Å². The Hall–Kier alpha value is -1.12. The highest BCUT2D eigenvalue weighted by Crippen LogP contribution is 2.39. The molecule has 6 nitrogen and oxygen atoms in total. The van der Waals surface area contributed by atoms with Crippen molar-refractivity contribution in [1.29, 1.82) is 0 Å². The van der Waals surface area contributed by atoms with Crippen LogP contribution in [0.2, 0.25) is 0 Å². The Morgan fingerprint density at radius 1 is 1.40 bits per heavy atom. The number of nitrogens with two attached hydrogens (primary N) is 1. The highest BCUT2D eigenvalue weighted by atomic mass is 32.2. The third kappa shape index (κ3) is 4.19. The number of nitrogen functional groups attached to an aromatic ring is 1. The lowest BCUT2D eigenvalue weighted by Crippen LogP contribution is -2.16. The summed E-state index contributed by atoms with van der Waals surface area (Å²) in [5, 5.41) is 3.52. The molecule has 1 heterocycles. The van der Waals surface area contributed by atoms with Crippen LogP contribution in [0.1, 0.15) is 23.0 Å². The van der Waals surface area contributed by atoms with E-state index in [1.54, 1.807) is 0 Å². The summed E-state index contributed by atoms with van der Waals surface area (Å²) in [5.41, 5.74) is 5.86. The summed E-state index contributed by atoms with van der Waals surface area (Å²) in [6, 6.07) is 0. The number of carbonyl (C=O) groups is 1. The van der Waals surface area contributed by atoms with Gasteiger partial charge in [0, 0.05) is 19.7 Å². The SMILES string of the molecule is CC(=O)c1sc(NCCCN(C)C)c(S(C)(=O)=O)c1N. The van der Waals surface area contributed by atoms with Gasteiger partial charge in [-0.05, 0) is 27.1 Å². The molecule has 0 amide bonds. The number of hydrogen-bond donors (Lipinski definition) is 2. The Bertz CT molecular complexity index is 591. The molecule has 0 bridgehead atoms. The number of thiophene rings is 1. The molecule has 8 heteroatoms. The van der Waals surface area contributed by atoms with E-state index in [0.29, 0.717) is 16.4 Å². The molecular formula is C12H21N3O3S2. The summed E-state index contributed by atoms with van der Waals surface area (Å²) in [6.45, 7) is 2.89. The molecule has 1 rings (SSSR count). The molecule has 0 fully saturated rings. The van der Waals surface area contributed by atoms with Gasteiger partial charge in [-0.3, -0.25) is 4.79 Å². The van der Waals surface area contributed by atoms with Gasteiger partial charge in [-0.2, -0.15) is 0 Å². The van der Waals surface area contributed by atoms with Crippen LogP contribution in [0.4, 0.5) is 10.7 Å². The highest BCUT2D eigenvalue weighted by Gasteiger charge is 2.25. The van der Waals surface area contributed by atoms with Crippen LogP contribution in [0, 0.1) is 0 Å². The van der Waals surface area contributed by atoms with Crippen molar-refractivity contribution in [3.8, 4) is 0 Å². The van der Waals surface area contributed by atoms with Gasteiger partial charge in [0.15, 0.2) is 15.6 Å². The quantitative estimate of drug-likeness (QED) is 0.581. The molecule has 0 atom stereocenters. The highest BCUT2D eigenvalue weighted by molar-refractivity contribution is 7.91. The molecule has 3 N–H and O–H groups in total. The molecule has 114 valence electrons. The zero-order valence-electron chi connectivity index (χ0n) is 12.2. The number of ketones is 1.